The number of hydrogen-bond acceptors (Lipinski definition) is 15. The molecule has 4 rings (SSSR count). The van der Waals surface area contributed by atoms with Gasteiger partial charge in [-0.3, -0.25) is 29.0 Å². The van der Waals surface area contributed by atoms with Crippen molar-refractivity contribution in [3.05, 3.63) is 77.9 Å². The number of Topliss-reactive ketones (excluding diaryl/α,β-unsaturated/α-hetero) is 1. The van der Waals surface area contributed by atoms with E-state index >= 15 is 0 Å². The molecule has 0 aromatic heterocycles. The zero-order chi connectivity index (χ0) is 58.9. The van der Waals surface area contributed by atoms with Gasteiger partial charge in [0.1, 0.15) is 35.8 Å². The molecule has 0 radical (unpaired) electrons. The van der Waals surface area contributed by atoms with E-state index in [9.17, 15) is 59.4 Å². The van der Waals surface area contributed by atoms with Gasteiger partial charge in [-0.1, -0.05) is 110 Å². The van der Waals surface area contributed by atoms with Crippen molar-refractivity contribution in [2.24, 2.45) is 53.1 Å². The lowest BCUT2D eigenvalue weighted by atomic mass is 9.73. The number of aliphatic hydroxyl groups excluding tert-OH is 4. The highest BCUT2D eigenvalue weighted by Crippen LogP contribution is 2.44. The van der Waals surface area contributed by atoms with Crippen LogP contribution in [0.15, 0.2) is 72.4 Å². The van der Waals surface area contributed by atoms with Gasteiger partial charge in [0.2, 0.25) is 17.7 Å². The van der Waals surface area contributed by atoms with Crippen molar-refractivity contribution in [2.75, 3.05) is 6.54 Å². The Morgan fingerprint density at radius 2 is 1.68 bits per heavy atom. The largest absolute Gasteiger partial charge is 0.508 e. The summed E-state index contributed by atoms with van der Waals surface area (Å²) >= 11 is 0. The molecule has 0 aliphatic carbocycles. The Morgan fingerprint density at radius 1 is 0.975 bits per heavy atom. The second-order valence-corrected chi connectivity index (χ2v) is 23.0. The number of benzene rings is 1. The molecular formula is C60H93N5O14. The summed E-state index contributed by atoms with van der Waals surface area (Å²) in [5.74, 6) is -9.91. The fraction of sp³-hybridized carbons (Fsp3) is 0.667. The molecule has 1 aromatic carbocycles. The number of aromatic hydroxyl groups is 1. The third kappa shape index (κ3) is 18.9. The molecule has 19 nitrogen and oxygen atoms in total. The second-order valence-electron chi connectivity index (χ2n) is 23.0. The van der Waals surface area contributed by atoms with Gasteiger partial charge in [0, 0.05) is 61.8 Å². The van der Waals surface area contributed by atoms with Gasteiger partial charge in [0.15, 0.2) is 5.79 Å². The van der Waals surface area contributed by atoms with Gasteiger partial charge in [-0.15, -0.1) is 0 Å². The van der Waals surface area contributed by atoms with Gasteiger partial charge in [-0.2, -0.15) is 0 Å². The molecular weight excluding hydrogens is 1010 g/mol. The molecule has 17 atom stereocenters. The maximum absolute atomic E-state index is 14.5. The Labute approximate surface area is 467 Å². The summed E-state index contributed by atoms with van der Waals surface area (Å²) in [7, 11) is 0. The predicted molar refractivity (Wildman–Crippen MR) is 299 cm³/mol. The number of cyclic esters (lactones) is 1. The van der Waals surface area contributed by atoms with Crippen molar-refractivity contribution < 1.29 is 68.9 Å². The molecule has 3 aliphatic heterocycles. The summed E-state index contributed by atoms with van der Waals surface area (Å²) in [5, 5.41) is 74.5. The lowest BCUT2D eigenvalue weighted by molar-refractivity contribution is -0.342. The van der Waals surface area contributed by atoms with E-state index in [2.05, 4.69) is 16.1 Å². The van der Waals surface area contributed by atoms with E-state index in [0.717, 1.165) is 0 Å². The minimum Gasteiger partial charge on any atom is -0.508 e. The van der Waals surface area contributed by atoms with Gasteiger partial charge in [-0.25, -0.2) is 5.43 Å². The molecule has 0 saturated carbocycles. The number of hydrogen-bond donors (Lipinski definition) is 10. The number of rotatable bonds is 19. The number of nitrogens with two attached hydrogens (primary N) is 1. The van der Waals surface area contributed by atoms with Crippen LogP contribution in [0.1, 0.15) is 139 Å². The molecule has 2 saturated heterocycles. The Bertz CT molecular complexity index is 2320. The van der Waals surface area contributed by atoms with Crippen LogP contribution in [0, 0.1) is 47.3 Å². The van der Waals surface area contributed by atoms with E-state index in [1.807, 2.05) is 45.9 Å². The standard InChI is InChI=1S/C60H93N5O14/c1-11-43(55(61)72)30-37(6)60(77)41(10)53(70)40(9)51(79-60)33-49(69)35(4)20-14-12-15-21-36(5)50-26-17-13-16-25-48(68)39(8)54(71)45(28-27-38(7)66)56(73)63-52(34(2)3)57(74)62-47(32-42-22-18-23-44(67)31-42)58(75)65-29-19-24-46(64-65)59(76)78-50/h12-13,15-18,21-23,25,31,34-35,37,39-41,43,45-54,64,67-71,77H,11,14,19-20,24,26-30,32-33H2,1-10H3,(H2,61,72)(H,62,74)(H,63,73)/b15-12+,17-13+,25-16+,36-21+/t35-,37-,39-,40-,41-,43-,45+,46-,47-,48+,49-,50+,51-,52-,53-,54+,60+/m0/s1. The number of carbonyl (C=O) groups is 6. The zero-order valence-electron chi connectivity index (χ0n) is 48.1. The highest BCUT2D eigenvalue weighted by Gasteiger charge is 2.53. The summed E-state index contributed by atoms with van der Waals surface area (Å²) < 4.78 is 12.5. The highest BCUT2D eigenvalue weighted by atomic mass is 16.6. The van der Waals surface area contributed by atoms with E-state index in [-0.39, 0.29) is 68.4 Å². The zero-order valence-corrected chi connectivity index (χ0v) is 48.1. The number of ketones is 1. The van der Waals surface area contributed by atoms with E-state index in [1.54, 1.807) is 65.0 Å². The number of allylic oxidation sites excluding steroid dienone is 5. The number of carbonyl (C=O) groups excluding carboxylic acids is 6. The van der Waals surface area contributed by atoms with Crippen LogP contribution in [-0.4, -0.2) is 138 Å². The first-order chi connectivity index (χ1) is 37.2. The first kappa shape index (κ1) is 66.2. The third-order valence-corrected chi connectivity index (χ3v) is 16.5. The maximum Gasteiger partial charge on any atom is 0.325 e. The van der Waals surface area contributed by atoms with Crippen LogP contribution < -0.4 is 21.8 Å². The van der Waals surface area contributed by atoms with E-state index in [4.69, 9.17) is 15.2 Å². The number of aliphatic hydroxyl groups is 5. The van der Waals surface area contributed by atoms with Crippen LogP contribution in [0.25, 0.3) is 0 Å². The molecule has 2 bridgehead atoms. The molecule has 1 aromatic rings. The molecule has 2 fully saturated rings. The molecule has 11 N–H and O–H groups in total. The van der Waals surface area contributed by atoms with Gasteiger partial charge in [-0.05, 0) is 93.9 Å². The van der Waals surface area contributed by atoms with Crippen LogP contribution in [-0.2, 0) is 44.7 Å². The van der Waals surface area contributed by atoms with Gasteiger partial charge >= 0.3 is 5.97 Å². The number of phenols is 1. The summed E-state index contributed by atoms with van der Waals surface area (Å²) in [6.07, 6.45) is 9.08. The average Bonchev–Trinajstić information content (AvgIpc) is 3.47. The van der Waals surface area contributed by atoms with E-state index < -0.39 is 126 Å². The lowest BCUT2D eigenvalue weighted by Crippen LogP contribution is -2.62. The van der Waals surface area contributed by atoms with Crippen LogP contribution in [0.5, 0.6) is 5.75 Å². The summed E-state index contributed by atoms with van der Waals surface area (Å²) in [6.45, 7) is 17.5. The van der Waals surface area contributed by atoms with E-state index in [0.29, 0.717) is 43.2 Å². The van der Waals surface area contributed by atoms with Crippen LogP contribution >= 0.6 is 0 Å². The predicted octanol–water partition coefficient (Wildman–Crippen LogP) is 4.76. The third-order valence-electron chi connectivity index (χ3n) is 16.5. The average molecular weight is 1110 g/mol. The normalized spacial score (nSPS) is 32.6. The monoisotopic (exact) mass is 1110 g/mol. The molecule has 0 unspecified atom stereocenters. The topological polar surface area (TPSA) is 308 Å². The Balaban J connectivity index is 1.57. The first-order valence-electron chi connectivity index (χ1n) is 28.4. The maximum atomic E-state index is 14.5. The minimum atomic E-state index is -1.74. The Kier molecular flexibility index (Phi) is 26.1. The number of phenolic OH excluding ortho intramolecular Hbond substituents is 1. The quantitative estimate of drug-likeness (QED) is 0.0660. The fourth-order valence-corrected chi connectivity index (χ4v) is 10.8. The number of nitrogens with zero attached hydrogens (tertiary/aromatic N) is 1. The van der Waals surface area contributed by atoms with Crippen molar-refractivity contribution in [1.82, 2.24) is 21.1 Å². The molecule has 442 valence electrons. The Morgan fingerprint density at radius 3 is 2.33 bits per heavy atom. The second kappa shape index (κ2) is 31.1. The molecule has 4 amide bonds. The number of fused-ring (bicyclic) bond motifs is 2. The number of ether oxygens (including phenoxy) is 2. The SMILES string of the molecule is CC[C@@H](C[C@H](C)[C@@]1(O)O[C@@H](C[C@H](O)[C@@H](C)CC/C=C/C=C(\C)[C@H]2C/C=C/C=C/[C@@H](O)[C@H](C)[C@@H](O)[C@@H](CCC(C)=O)C(=O)N[C@@H](C(C)C)C(=O)N[C@@H](Cc3cccc(O)c3)C(=O)N3CCC[C@H](N3)C(=O)O2)[C@H](C)[C@H](O)[C@@H]1C)C(N)=O. The van der Waals surface area contributed by atoms with Crippen molar-refractivity contribution >= 4 is 35.4 Å². The lowest BCUT2D eigenvalue weighted by Gasteiger charge is -2.51. The van der Waals surface area contributed by atoms with Crippen molar-refractivity contribution in [1.29, 1.82) is 0 Å². The van der Waals surface area contributed by atoms with Crippen LogP contribution in [0.4, 0.5) is 0 Å². The molecule has 3 heterocycles. The Hall–Kier alpha value is -5.28. The number of primary amides is 1. The molecule has 19 heteroatoms. The van der Waals surface area contributed by atoms with Gasteiger partial charge in [0.05, 0.1) is 36.4 Å². The van der Waals surface area contributed by atoms with Crippen molar-refractivity contribution in [2.45, 2.75) is 200 Å². The van der Waals surface area contributed by atoms with Gasteiger partial charge in [0.25, 0.3) is 5.91 Å². The molecule has 79 heavy (non-hydrogen) atoms. The van der Waals surface area contributed by atoms with Crippen LogP contribution in [0.2, 0.25) is 0 Å². The fourth-order valence-electron chi connectivity index (χ4n) is 10.8. The highest BCUT2D eigenvalue weighted by molar-refractivity contribution is 5.93. The van der Waals surface area contributed by atoms with Gasteiger partial charge < -0.3 is 61.3 Å². The number of hydrazine groups is 1. The molecule has 3 aliphatic rings. The summed E-state index contributed by atoms with van der Waals surface area (Å²) in [5.41, 5.74) is 9.85. The smallest absolute Gasteiger partial charge is 0.325 e. The molecule has 0 spiro atoms. The minimum absolute atomic E-state index is 0.0444. The number of esters is 1. The van der Waals surface area contributed by atoms with Crippen molar-refractivity contribution in [3.63, 3.8) is 0 Å². The van der Waals surface area contributed by atoms with Crippen molar-refractivity contribution in [3.8, 4) is 5.75 Å². The summed E-state index contributed by atoms with van der Waals surface area (Å²) in [4.78, 5) is 81.1. The first-order valence-corrected chi connectivity index (χ1v) is 28.4. The van der Waals surface area contributed by atoms with Crippen LogP contribution in [0.3, 0.4) is 0 Å². The van der Waals surface area contributed by atoms with E-state index in [1.165, 1.54) is 30.1 Å². The number of amides is 4. The number of nitrogens with one attached hydrogen (secondary N) is 3. The summed E-state index contributed by atoms with van der Waals surface area (Å²) in [6, 6.07) is 2.84.